The Bertz CT molecular complexity index is 979. The fourth-order valence-electron chi connectivity index (χ4n) is 2.72. The van der Waals surface area contributed by atoms with Gasteiger partial charge in [0.25, 0.3) is 0 Å². The molecule has 0 aliphatic carbocycles. The molecule has 0 saturated heterocycles. The molecule has 6 nitrogen and oxygen atoms in total. The first-order valence-corrected chi connectivity index (χ1v) is 9.54. The van der Waals surface area contributed by atoms with Crippen LogP contribution in [-0.2, 0) is 16.0 Å². The molecule has 0 aliphatic rings. The molecule has 3 rings (SSSR count). The van der Waals surface area contributed by atoms with Crippen LogP contribution in [-0.4, -0.2) is 23.9 Å². The Morgan fingerprint density at radius 2 is 1.71 bits per heavy atom. The van der Waals surface area contributed by atoms with Gasteiger partial charge in [-0.05, 0) is 48.9 Å². The molecule has 144 valence electrons. The van der Waals surface area contributed by atoms with Gasteiger partial charge in [0.05, 0.1) is 19.2 Å². The first-order chi connectivity index (χ1) is 13.4. The SMILES string of the molecule is COc1ccc(-c2nc(NC(=O)Cc3ccc(NC(C)=O)cc3)sc2C)cc1. The van der Waals surface area contributed by atoms with E-state index in [9.17, 15) is 9.59 Å². The Morgan fingerprint density at radius 1 is 1.04 bits per heavy atom. The Labute approximate surface area is 167 Å². The molecule has 28 heavy (non-hydrogen) atoms. The van der Waals surface area contributed by atoms with Crippen molar-refractivity contribution in [3.8, 4) is 17.0 Å². The zero-order valence-electron chi connectivity index (χ0n) is 15.9. The highest BCUT2D eigenvalue weighted by atomic mass is 32.1. The lowest BCUT2D eigenvalue weighted by Gasteiger charge is -2.05. The third-order valence-corrected chi connectivity index (χ3v) is 4.93. The topological polar surface area (TPSA) is 80.3 Å². The number of nitrogens with one attached hydrogen (secondary N) is 2. The van der Waals surface area contributed by atoms with Gasteiger partial charge in [0, 0.05) is 23.1 Å². The highest BCUT2D eigenvalue weighted by molar-refractivity contribution is 7.16. The quantitative estimate of drug-likeness (QED) is 0.653. The number of carbonyl (C=O) groups is 2. The van der Waals surface area contributed by atoms with E-state index >= 15 is 0 Å². The van der Waals surface area contributed by atoms with Crippen LogP contribution in [0.1, 0.15) is 17.4 Å². The van der Waals surface area contributed by atoms with Gasteiger partial charge in [-0.25, -0.2) is 4.98 Å². The number of anilines is 2. The monoisotopic (exact) mass is 395 g/mol. The predicted octanol–water partition coefficient (Wildman–Crippen LogP) is 4.27. The number of hydrogen-bond donors (Lipinski definition) is 2. The molecular weight excluding hydrogens is 374 g/mol. The molecule has 2 aromatic carbocycles. The van der Waals surface area contributed by atoms with Crippen LogP contribution in [0.3, 0.4) is 0 Å². The summed E-state index contributed by atoms with van der Waals surface area (Å²) >= 11 is 1.45. The van der Waals surface area contributed by atoms with Gasteiger partial charge >= 0.3 is 0 Å². The summed E-state index contributed by atoms with van der Waals surface area (Å²) < 4.78 is 5.18. The van der Waals surface area contributed by atoms with Crippen molar-refractivity contribution >= 4 is 34.0 Å². The van der Waals surface area contributed by atoms with Gasteiger partial charge in [0.1, 0.15) is 5.75 Å². The minimum atomic E-state index is -0.137. The van der Waals surface area contributed by atoms with Crippen LogP contribution >= 0.6 is 11.3 Å². The summed E-state index contributed by atoms with van der Waals surface area (Å²) in [5.74, 6) is 0.522. The molecule has 1 aromatic heterocycles. The van der Waals surface area contributed by atoms with Crippen LogP contribution in [0.4, 0.5) is 10.8 Å². The first kappa shape index (κ1) is 19.6. The average Bonchev–Trinajstić information content (AvgIpc) is 3.03. The van der Waals surface area contributed by atoms with E-state index in [1.165, 1.54) is 18.3 Å². The summed E-state index contributed by atoms with van der Waals surface area (Å²) in [6.07, 6.45) is 0.233. The lowest BCUT2D eigenvalue weighted by Crippen LogP contribution is -2.14. The van der Waals surface area contributed by atoms with Gasteiger partial charge in [-0.1, -0.05) is 12.1 Å². The number of rotatable bonds is 6. The number of carbonyl (C=O) groups excluding carboxylic acids is 2. The average molecular weight is 395 g/mol. The van der Waals surface area contributed by atoms with Gasteiger partial charge < -0.3 is 15.4 Å². The molecule has 7 heteroatoms. The highest BCUT2D eigenvalue weighted by Gasteiger charge is 2.13. The first-order valence-electron chi connectivity index (χ1n) is 8.73. The van der Waals surface area contributed by atoms with Crippen molar-refractivity contribution in [1.82, 2.24) is 4.98 Å². The van der Waals surface area contributed by atoms with Crippen LogP contribution < -0.4 is 15.4 Å². The molecule has 0 spiro atoms. The molecule has 0 atom stereocenters. The van der Waals surface area contributed by atoms with E-state index < -0.39 is 0 Å². The van der Waals surface area contributed by atoms with Crippen LogP contribution in [0.2, 0.25) is 0 Å². The predicted molar refractivity (Wildman–Crippen MR) is 112 cm³/mol. The number of amides is 2. The third kappa shape index (κ3) is 4.95. The summed E-state index contributed by atoms with van der Waals surface area (Å²) in [6, 6.07) is 14.9. The van der Waals surface area contributed by atoms with Crippen molar-refractivity contribution in [2.45, 2.75) is 20.3 Å². The largest absolute Gasteiger partial charge is 0.497 e. The van der Waals surface area contributed by atoms with E-state index in [4.69, 9.17) is 4.74 Å². The molecular formula is C21H21N3O3S. The summed E-state index contributed by atoms with van der Waals surface area (Å²) in [7, 11) is 1.63. The second-order valence-corrected chi connectivity index (χ2v) is 7.46. The van der Waals surface area contributed by atoms with Crippen molar-refractivity contribution in [2.24, 2.45) is 0 Å². The smallest absolute Gasteiger partial charge is 0.230 e. The van der Waals surface area contributed by atoms with Crippen molar-refractivity contribution in [3.05, 3.63) is 59.0 Å². The van der Waals surface area contributed by atoms with Crippen LogP contribution in [0.5, 0.6) is 5.75 Å². The van der Waals surface area contributed by atoms with Crippen molar-refractivity contribution in [2.75, 3.05) is 17.7 Å². The van der Waals surface area contributed by atoms with Gasteiger partial charge in [-0.3, -0.25) is 9.59 Å². The maximum Gasteiger partial charge on any atom is 0.230 e. The van der Waals surface area contributed by atoms with Crippen LogP contribution in [0.25, 0.3) is 11.3 Å². The lowest BCUT2D eigenvalue weighted by atomic mass is 10.1. The molecule has 0 aliphatic heterocycles. The van der Waals surface area contributed by atoms with Gasteiger partial charge in [-0.2, -0.15) is 0 Å². The minimum absolute atomic E-state index is 0.128. The summed E-state index contributed by atoms with van der Waals surface area (Å²) in [4.78, 5) is 29.0. The summed E-state index contributed by atoms with van der Waals surface area (Å²) in [5, 5.41) is 6.14. The fraction of sp³-hybridized carbons (Fsp3) is 0.190. The molecule has 0 saturated carbocycles. The minimum Gasteiger partial charge on any atom is -0.497 e. The number of hydrogen-bond acceptors (Lipinski definition) is 5. The number of nitrogens with zero attached hydrogens (tertiary/aromatic N) is 1. The maximum atomic E-state index is 12.4. The van der Waals surface area contributed by atoms with Gasteiger partial charge in [0.15, 0.2) is 5.13 Å². The molecule has 0 fully saturated rings. The standard InChI is InChI=1S/C21H21N3O3S/c1-13-20(16-6-10-18(27-3)11-7-16)24-21(28-13)23-19(26)12-15-4-8-17(9-5-15)22-14(2)25/h4-11H,12H2,1-3H3,(H,22,25)(H,23,24,26). The Morgan fingerprint density at radius 3 is 2.32 bits per heavy atom. The number of benzene rings is 2. The number of methoxy groups -OCH3 is 1. The molecule has 2 N–H and O–H groups in total. The van der Waals surface area contributed by atoms with E-state index in [1.807, 2.05) is 43.3 Å². The Balaban J connectivity index is 1.65. The summed E-state index contributed by atoms with van der Waals surface area (Å²) in [5.41, 5.74) is 3.39. The molecule has 2 amide bonds. The van der Waals surface area contributed by atoms with E-state index in [0.717, 1.165) is 27.4 Å². The van der Waals surface area contributed by atoms with Crippen molar-refractivity contribution in [1.29, 1.82) is 0 Å². The normalized spacial score (nSPS) is 10.4. The number of aryl methyl sites for hydroxylation is 1. The van der Waals surface area contributed by atoms with E-state index in [2.05, 4.69) is 15.6 Å². The van der Waals surface area contributed by atoms with Crippen LogP contribution in [0.15, 0.2) is 48.5 Å². The second-order valence-electron chi connectivity index (χ2n) is 6.26. The van der Waals surface area contributed by atoms with Gasteiger partial charge in [-0.15, -0.1) is 11.3 Å². The number of aromatic nitrogens is 1. The zero-order valence-corrected chi connectivity index (χ0v) is 16.7. The van der Waals surface area contributed by atoms with E-state index in [-0.39, 0.29) is 18.2 Å². The van der Waals surface area contributed by atoms with Crippen LogP contribution in [0, 0.1) is 6.92 Å². The number of ether oxygens (including phenoxy) is 1. The van der Waals surface area contributed by atoms with E-state index in [0.29, 0.717) is 10.8 Å². The lowest BCUT2D eigenvalue weighted by molar-refractivity contribution is -0.116. The molecule has 0 radical (unpaired) electrons. The number of thiazole rings is 1. The van der Waals surface area contributed by atoms with E-state index in [1.54, 1.807) is 19.2 Å². The molecule has 1 heterocycles. The van der Waals surface area contributed by atoms with Gasteiger partial charge in [0.2, 0.25) is 11.8 Å². The maximum absolute atomic E-state index is 12.4. The second kappa shape index (κ2) is 8.67. The molecule has 0 unspecified atom stereocenters. The van der Waals surface area contributed by atoms with Crippen molar-refractivity contribution < 1.29 is 14.3 Å². The Kier molecular flexibility index (Phi) is 6.06. The fourth-order valence-corrected chi connectivity index (χ4v) is 3.58. The molecule has 0 bridgehead atoms. The zero-order chi connectivity index (χ0) is 20.1. The Hall–Kier alpha value is -3.19. The highest BCUT2D eigenvalue weighted by Crippen LogP contribution is 2.31. The molecule has 3 aromatic rings. The van der Waals surface area contributed by atoms with Crippen molar-refractivity contribution in [3.63, 3.8) is 0 Å². The summed E-state index contributed by atoms with van der Waals surface area (Å²) in [6.45, 7) is 3.44. The third-order valence-electron chi connectivity index (χ3n) is 4.05.